The van der Waals surface area contributed by atoms with Crippen molar-refractivity contribution in [2.45, 2.75) is 33.1 Å². The van der Waals surface area contributed by atoms with E-state index in [0.717, 1.165) is 46.6 Å². The topological polar surface area (TPSA) is 75.2 Å². The van der Waals surface area contributed by atoms with E-state index >= 15 is 0 Å². The van der Waals surface area contributed by atoms with E-state index in [2.05, 4.69) is 37.9 Å². The Labute approximate surface area is 204 Å². The Bertz CT molecular complexity index is 1410. The van der Waals surface area contributed by atoms with Crippen molar-refractivity contribution in [1.82, 2.24) is 19.7 Å². The van der Waals surface area contributed by atoms with Crippen molar-refractivity contribution in [3.8, 4) is 28.6 Å². The molecule has 0 spiro atoms. The van der Waals surface area contributed by atoms with Gasteiger partial charge >= 0.3 is 0 Å². The highest BCUT2D eigenvalue weighted by atomic mass is 16.5. The molecule has 2 heterocycles. The quantitative estimate of drug-likeness (QED) is 0.248. The van der Waals surface area contributed by atoms with E-state index in [1.54, 1.807) is 0 Å². The smallest absolute Gasteiger partial charge is 0.226 e. The summed E-state index contributed by atoms with van der Waals surface area (Å²) in [4.78, 5) is 9.06. The summed E-state index contributed by atoms with van der Waals surface area (Å²) in [7, 11) is 0. The van der Waals surface area contributed by atoms with Gasteiger partial charge in [-0.15, -0.1) is 0 Å². The average molecular weight is 469 g/mol. The number of hydrogen-bond donors (Lipinski definition) is 0. The lowest BCUT2D eigenvalue weighted by molar-refractivity contribution is 0.287. The number of para-hydroxylation sites is 2. The molecule has 0 amide bonds. The average Bonchev–Trinajstić information content (AvgIpc) is 3.53. The number of aromatic nitrogens is 4. The molecular formula is C28H28N4O3. The number of hydrogen-bond acceptors (Lipinski definition) is 6. The largest absolute Gasteiger partial charge is 0.490 e. The molecule has 0 saturated heterocycles. The van der Waals surface area contributed by atoms with Crippen LogP contribution in [0.15, 0.2) is 77.6 Å². The first kappa shape index (κ1) is 22.7. The summed E-state index contributed by atoms with van der Waals surface area (Å²) in [6.07, 6.45) is 4.34. The zero-order valence-electron chi connectivity index (χ0n) is 20.0. The van der Waals surface area contributed by atoms with Crippen LogP contribution in [0, 0.1) is 0 Å². The van der Waals surface area contributed by atoms with Gasteiger partial charge in [0.1, 0.15) is 6.33 Å². The minimum Gasteiger partial charge on any atom is -0.490 e. The fourth-order valence-electron chi connectivity index (χ4n) is 4.10. The molecule has 0 unspecified atom stereocenters. The van der Waals surface area contributed by atoms with E-state index in [4.69, 9.17) is 14.0 Å². The van der Waals surface area contributed by atoms with E-state index in [0.29, 0.717) is 31.3 Å². The number of fused-ring (bicyclic) bond motifs is 1. The standard InChI is InChI=1S/C28H28N4O3/c1-3-33-25-17-12-20(18-26(25)34-4-2)8-7-11-27-30-28(31-35-27)21-13-15-22(16-14-21)32-19-29-23-9-5-6-10-24(23)32/h5-6,9-10,12-19H,3-4,7-8,11H2,1-2H3. The summed E-state index contributed by atoms with van der Waals surface area (Å²) in [5.41, 5.74) is 5.19. The van der Waals surface area contributed by atoms with Crippen molar-refractivity contribution in [3.05, 3.63) is 84.5 Å². The number of ether oxygens (including phenoxy) is 2. The van der Waals surface area contributed by atoms with Crippen molar-refractivity contribution in [2.24, 2.45) is 0 Å². The van der Waals surface area contributed by atoms with Gasteiger partial charge in [0.25, 0.3) is 0 Å². The summed E-state index contributed by atoms with van der Waals surface area (Å²) in [6.45, 7) is 5.16. The predicted molar refractivity (Wildman–Crippen MR) is 135 cm³/mol. The van der Waals surface area contributed by atoms with Gasteiger partial charge in [0.05, 0.1) is 24.2 Å². The van der Waals surface area contributed by atoms with Crippen molar-refractivity contribution in [1.29, 1.82) is 0 Å². The van der Waals surface area contributed by atoms with Gasteiger partial charge < -0.3 is 14.0 Å². The molecule has 2 aromatic heterocycles. The first-order valence-corrected chi connectivity index (χ1v) is 12.0. The van der Waals surface area contributed by atoms with E-state index in [1.807, 2.05) is 68.7 Å². The van der Waals surface area contributed by atoms with Crippen LogP contribution in [0.1, 0.15) is 31.7 Å². The van der Waals surface area contributed by atoms with Crippen LogP contribution in [0.25, 0.3) is 28.1 Å². The predicted octanol–water partition coefficient (Wildman–Crippen LogP) is 6.05. The lowest BCUT2D eigenvalue weighted by Gasteiger charge is -2.12. The highest BCUT2D eigenvalue weighted by Crippen LogP contribution is 2.29. The van der Waals surface area contributed by atoms with Gasteiger partial charge in [-0.25, -0.2) is 4.98 Å². The number of aryl methyl sites for hydroxylation is 2. The molecule has 5 aromatic rings. The second-order valence-corrected chi connectivity index (χ2v) is 8.16. The van der Waals surface area contributed by atoms with Crippen molar-refractivity contribution in [2.75, 3.05) is 13.2 Å². The van der Waals surface area contributed by atoms with E-state index in [9.17, 15) is 0 Å². The minimum absolute atomic E-state index is 0.599. The summed E-state index contributed by atoms with van der Waals surface area (Å²) in [5.74, 6) is 2.81. The molecule has 7 nitrogen and oxygen atoms in total. The van der Waals surface area contributed by atoms with Crippen LogP contribution in [-0.2, 0) is 12.8 Å². The van der Waals surface area contributed by atoms with Gasteiger partial charge in [0.2, 0.25) is 11.7 Å². The lowest BCUT2D eigenvalue weighted by atomic mass is 10.1. The zero-order valence-corrected chi connectivity index (χ0v) is 20.0. The van der Waals surface area contributed by atoms with Gasteiger partial charge in [-0.1, -0.05) is 23.4 Å². The molecule has 0 aliphatic heterocycles. The third-order valence-electron chi connectivity index (χ3n) is 5.79. The number of nitrogens with zero attached hydrogens (tertiary/aromatic N) is 4. The third kappa shape index (κ3) is 5.04. The second-order valence-electron chi connectivity index (χ2n) is 8.16. The molecule has 0 aliphatic rings. The molecule has 5 rings (SSSR count). The fourth-order valence-corrected chi connectivity index (χ4v) is 4.10. The summed E-state index contributed by atoms with van der Waals surface area (Å²) >= 11 is 0. The van der Waals surface area contributed by atoms with Crippen LogP contribution in [-0.4, -0.2) is 32.9 Å². The van der Waals surface area contributed by atoms with Crippen molar-refractivity contribution < 1.29 is 14.0 Å². The highest BCUT2D eigenvalue weighted by molar-refractivity contribution is 5.77. The fraction of sp³-hybridized carbons (Fsp3) is 0.250. The molecular weight excluding hydrogens is 440 g/mol. The Balaban J connectivity index is 1.22. The maximum Gasteiger partial charge on any atom is 0.226 e. The third-order valence-corrected chi connectivity index (χ3v) is 5.79. The molecule has 0 radical (unpaired) electrons. The van der Waals surface area contributed by atoms with Crippen molar-refractivity contribution >= 4 is 11.0 Å². The Morgan fingerprint density at radius 1 is 0.857 bits per heavy atom. The van der Waals surface area contributed by atoms with Crippen LogP contribution in [0.3, 0.4) is 0 Å². The molecule has 0 bridgehead atoms. The van der Waals surface area contributed by atoms with Gasteiger partial charge in [-0.05, 0) is 80.8 Å². The number of rotatable bonds is 10. The van der Waals surface area contributed by atoms with E-state index in [1.165, 1.54) is 5.56 Å². The molecule has 178 valence electrons. The Kier molecular flexibility index (Phi) is 6.75. The normalized spacial score (nSPS) is 11.1. The molecule has 0 fully saturated rings. The Morgan fingerprint density at radius 3 is 2.49 bits per heavy atom. The Hall–Kier alpha value is -4.13. The number of imidazole rings is 1. The first-order chi connectivity index (χ1) is 17.2. The summed E-state index contributed by atoms with van der Waals surface area (Å²) in [5, 5.41) is 4.18. The molecule has 3 aromatic carbocycles. The van der Waals surface area contributed by atoms with Crippen LogP contribution in [0.2, 0.25) is 0 Å². The van der Waals surface area contributed by atoms with Crippen LogP contribution in [0.4, 0.5) is 0 Å². The first-order valence-electron chi connectivity index (χ1n) is 12.0. The Morgan fingerprint density at radius 2 is 1.66 bits per heavy atom. The van der Waals surface area contributed by atoms with E-state index in [-0.39, 0.29) is 0 Å². The molecule has 0 saturated carbocycles. The lowest BCUT2D eigenvalue weighted by Crippen LogP contribution is -1.99. The van der Waals surface area contributed by atoms with Gasteiger partial charge in [-0.3, -0.25) is 4.57 Å². The van der Waals surface area contributed by atoms with Gasteiger partial charge in [0.15, 0.2) is 11.5 Å². The van der Waals surface area contributed by atoms with Gasteiger partial charge in [-0.2, -0.15) is 4.98 Å². The molecule has 0 N–H and O–H groups in total. The minimum atomic E-state index is 0.599. The molecule has 0 atom stereocenters. The summed E-state index contributed by atoms with van der Waals surface area (Å²) in [6, 6.07) is 22.3. The van der Waals surface area contributed by atoms with Crippen LogP contribution in [0.5, 0.6) is 11.5 Å². The van der Waals surface area contributed by atoms with E-state index < -0.39 is 0 Å². The highest BCUT2D eigenvalue weighted by Gasteiger charge is 2.11. The van der Waals surface area contributed by atoms with Crippen LogP contribution < -0.4 is 9.47 Å². The van der Waals surface area contributed by atoms with Gasteiger partial charge in [0, 0.05) is 17.7 Å². The maximum atomic E-state index is 5.73. The monoisotopic (exact) mass is 468 g/mol. The number of benzene rings is 3. The van der Waals surface area contributed by atoms with Crippen molar-refractivity contribution in [3.63, 3.8) is 0 Å². The second kappa shape index (κ2) is 10.4. The molecule has 35 heavy (non-hydrogen) atoms. The zero-order chi connectivity index (χ0) is 24.0. The summed E-state index contributed by atoms with van der Waals surface area (Å²) < 4.78 is 19.0. The molecule has 7 heteroatoms. The van der Waals surface area contributed by atoms with Crippen LogP contribution >= 0.6 is 0 Å². The maximum absolute atomic E-state index is 5.73. The SMILES string of the molecule is CCOc1ccc(CCCc2nc(-c3ccc(-n4cnc5ccccc54)cc3)no2)cc1OCC. The molecule has 0 aliphatic carbocycles.